The molecule has 8 nitrogen and oxygen atoms in total. The molecule has 0 aromatic heterocycles. The van der Waals surface area contributed by atoms with Gasteiger partial charge in [0.2, 0.25) is 0 Å². The average molecular weight is 941 g/mol. The highest BCUT2D eigenvalue weighted by Gasteiger charge is 2.29. The topological polar surface area (TPSA) is 84.8 Å². The molecule has 10 bridgehead atoms. The van der Waals surface area contributed by atoms with Crippen molar-refractivity contribution in [3.05, 3.63) is 151 Å². The van der Waals surface area contributed by atoms with Gasteiger partial charge in [-0.1, -0.05) is 162 Å². The van der Waals surface area contributed by atoms with E-state index in [1.54, 1.807) is 0 Å². The third-order valence-corrected chi connectivity index (χ3v) is 13.3. The molecule has 2 aliphatic rings. The van der Waals surface area contributed by atoms with Gasteiger partial charge >= 0.3 is 0 Å². The first-order chi connectivity index (χ1) is 32.6. The third kappa shape index (κ3) is 13.7. The van der Waals surface area contributed by atoms with Gasteiger partial charge in [0, 0.05) is 25.7 Å². The highest BCUT2D eigenvalue weighted by molar-refractivity contribution is 5.60. The number of aromatic hydroxyl groups is 1. The molecule has 0 saturated carbocycles. The normalized spacial score (nSPS) is 16.3. The smallest absolute Gasteiger partial charge is 0.126 e. The van der Waals surface area contributed by atoms with Gasteiger partial charge in [0.15, 0.2) is 0 Å². The average Bonchev–Trinajstić information content (AvgIpc) is 3.26. The maximum absolute atomic E-state index is 12.7. The van der Waals surface area contributed by atoms with E-state index in [1.807, 2.05) is 6.07 Å². The van der Waals surface area contributed by atoms with Gasteiger partial charge in [-0.05, 0) is 94.0 Å². The summed E-state index contributed by atoms with van der Waals surface area (Å²) in [6.45, 7) is 31.9. The Morgan fingerprint density at radius 2 is 0.681 bits per heavy atom. The lowest BCUT2D eigenvalue weighted by Crippen LogP contribution is -2.18. The Hall–Kier alpha value is -4.86. The van der Waals surface area contributed by atoms with Crippen LogP contribution in [0.4, 0.5) is 0 Å². The van der Waals surface area contributed by atoms with Crippen LogP contribution in [0.15, 0.2) is 78.9 Å². The minimum absolute atomic E-state index is 0.176. The highest BCUT2D eigenvalue weighted by Crippen LogP contribution is 2.44. The molecule has 1 aliphatic carbocycles. The van der Waals surface area contributed by atoms with Crippen molar-refractivity contribution in [2.45, 2.75) is 137 Å². The molecule has 1 heterocycles. The van der Waals surface area contributed by atoms with E-state index in [4.69, 9.17) is 33.2 Å². The summed E-state index contributed by atoms with van der Waals surface area (Å²) in [7, 11) is 0. The zero-order valence-electron chi connectivity index (χ0n) is 43.9. The van der Waals surface area contributed by atoms with Crippen LogP contribution >= 0.6 is 0 Å². The Morgan fingerprint density at radius 1 is 0.391 bits per heavy atom. The molecule has 0 spiro atoms. The number of hydrogen-bond acceptors (Lipinski definition) is 8. The SMILES string of the molecule is CC(C)(C)c1cc2c(O)c(c1)Cc1cc(C(C)(C)C)cc(c1OCc1ccccc1)Cc1cc(C(C)(C)C)cc3c1OCCOCCOCCOCCOCCOc1c(cc(C(C)(C)C)cc1C3)C2. The van der Waals surface area contributed by atoms with Crippen LogP contribution in [0.3, 0.4) is 0 Å². The van der Waals surface area contributed by atoms with Crippen molar-refractivity contribution >= 4 is 0 Å². The summed E-state index contributed by atoms with van der Waals surface area (Å²) < 4.78 is 44.9. The second-order valence-electron chi connectivity index (χ2n) is 23.1. The van der Waals surface area contributed by atoms with Gasteiger partial charge in [-0.25, -0.2) is 0 Å². The van der Waals surface area contributed by atoms with Gasteiger partial charge in [-0.3, -0.25) is 0 Å². The maximum Gasteiger partial charge on any atom is 0.126 e. The van der Waals surface area contributed by atoms with Crippen LogP contribution in [-0.4, -0.2) is 71.2 Å². The van der Waals surface area contributed by atoms with Gasteiger partial charge in [0.1, 0.15) is 42.8 Å². The zero-order chi connectivity index (χ0) is 49.6. The van der Waals surface area contributed by atoms with E-state index < -0.39 is 0 Å². The molecular formula is C61H80O8. The fourth-order valence-electron chi connectivity index (χ4n) is 9.09. The van der Waals surface area contributed by atoms with Crippen LogP contribution in [0.2, 0.25) is 0 Å². The number of ether oxygens (including phenoxy) is 7. The van der Waals surface area contributed by atoms with Crippen LogP contribution in [-0.2, 0) is 72.9 Å². The number of phenolic OH excluding ortho intramolecular Hbond substituents is 1. The molecule has 7 rings (SSSR count). The number of fused-ring (bicyclic) bond motifs is 4. The van der Waals surface area contributed by atoms with Crippen molar-refractivity contribution in [1.29, 1.82) is 0 Å². The minimum Gasteiger partial charge on any atom is -0.507 e. The lowest BCUT2D eigenvalue weighted by atomic mass is 9.79. The summed E-state index contributed by atoms with van der Waals surface area (Å²) in [6, 6.07) is 28.8. The Bertz CT molecular complexity index is 2510. The predicted octanol–water partition coefficient (Wildman–Crippen LogP) is 12.7. The minimum atomic E-state index is -0.193. The second kappa shape index (κ2) is 22.1. The molecule has 1 aliphatic heterocycles. The fraction of sp³-hybridized carbons (Fsp3) is 0.508. The van der Waals surface area contributed by atoms with Crippen molar-refractivity contribution in [1.82, 2.24) is 0 Å². The molecule has 5 aromatic rings. The lowest BCUT2D eigenvalue weighted by Gasteiger charge is -2.29. The van der Waals surface area contributed by atoms with Crippen LogP contribution in [0.1, 0.15) is 155 Å². The van der Waals surface area contributed by atoms with E-state index >= 15 is 0 Å². The third-order valence-electron chi connectivity index (χ3n) is 13.3. The summed E-state index contributed by atoms with van der Waals surface area (Å²) in [5, 5.41) is 12.7. The maximum atomic E-state index is 12.7. The molecule has 1 N–H and O–H groups in total. The summed E-state index contributed by atoms with van der Waals surface area (Å²) >= 11 is 0. The largest absolute Gasteiger partial charge is 0.507 e. The molecule has 0 unspecified atom stereocenters. The molecule has 372 valence electrons. The summed E-state index contributed by atoms with van der Waals surface area (Å²) in [6.07, 6.45) is 2.03. The van der Waals surface area contributed by atoms with Crippen LogP contribution in [0.25, 0.3) is 0 Å². The number of hydrogen-bond donors (Lipinski definition) is 1. The van der Waals surface area contributed by atoms with Crippen molar-refractivity contribution in [3.63, 3.8) is 0 Å². The van der Waals surface area contributed by atoms with Crippen LogP contribution in [0, 0.1) is 0 Å². The van der Waals surface area contributed by atoms with E-state index in [9.17, 15) is 5.11 Å². The lowest BCUT2D eigenvalue weighted by molar-refractivity contribution is -0.00701. The van der Waals surface area contributed by atoms with E-state index in [2.05, 4.69) is 156 Å². The van der Waals surface area contributed by atoms with E-state index in [0.717, 1.165) is 72.9 Å². The first-order valence-electron chi connectivity index (χ1n) is 25.2. The van der Waals surface area contributed by atoms with E-state index in [-0.39, 0.29) is 21.7 Å². The molecule has 0 amide bonds. The quantitative estimate of drug-likeness (QED) is 0.188. The Balaban J connectivity index is 1.54. The first-order valence-corrected chi connectivity index (χ1v) is 25.2. The van der Waals surface area contributed by atoms with Crippen molar-refractivity contribution in [3.8, 4) is 23.0 Å². The van der Waals surface area contributed by atoms with Gasteiger partial charge in [0.05, 0.1) is 52.9 Å². The van der Waals surface area contributed by atoms with Crippen molar-refractivity contribution in [2.75, 3.05) is 66.1 Å². The molecule has 5 aromatic carbocycles. The van der Waals surface area contributed by atoms with Gasteiger partial charge < -0.3 is 38.3 Å². The Morgan fingerprint density at radius 3 is 1.04 bits per heavy atom. The first kappa shape index (κ1) is 52.0. The summed E-state index contributed by atoms with van der Waals surface area (Å²) in [5.74, 6) is 2.81. The fourth-order valence-corrected chi connectivity index (χ4v) is 9.09. The molecular weight excluding hydrogens is 861 g/mol. The zero-order valence-corrected chi connectivity index (χ0v) is 43.9. The summed E-state index contributed by atoms with van der Waals surface area (Å²) in [4.78, 5) is 0. The Kier molecular flexibility index (Phi) is 16.6. The molecule has 0 saturated heterocycles. The molecule has 0 radical (unpaired) electrons. The summed E-state index contributed by atoms with van der Waals surface area (Å²) in [5.41, 5.74) is 13.2. The number of phenols is 1. The number of rotatable bonds is 3. The van der Waals surface area contributed by atoms with Gasteiger partial charge in [-0.15, -0.1) is 0 Å². The molecule has 0 atom stereocenters. The van der Waals surface area contributed by atoms with Gasteiger partial charge in [0.25, 0.3) is 0 Å². The standard InChI is InChI=1S/C61H80O8/c1-58(2,3)50-32-42-28-44-34-51(59(4,5)6)36-46-30-47-37-53(61(10,11)12)38-48(56(47)68-27-25-66-23-21-64-19-18-63-20-22-65-24-26-67-55(44)46)31-49-39-52(60(7,8)9)35-45(29-43(33-50)54(42)62)57(49)69-40-41-16-14-13-15-17-41/h13-17,32-39,62H,18-31,40H2,1-12H3. The highest BCUT2D eigenvalue weighted by atomic mass is 16.6. The van der Waals surface area contributed by atoms with Crippen molar-refractivity contribution < 1.29 is 38.3 Å². The van der Waals surface area contributed by atoms with Crippen LogP contribution < -0.4 is 14.2 Å². The molecule has 0 fully saturated rings. The van der Waals surface area contributed by atoms with Crippen LogP contribution in [0.5, 0.6) is 23.0 Å². The number of benzene rings is 5. The van der Waals surface area contributed by atoms with Crippen molar-refractivity contribution in [2.24, 2.45) is 0 Å². The Labute approximate surface area is 414 Å². The monoisotopic (exact) mass is 941 g/mol. The van der Waals surface area contributed by atoms with E-state index in [0.29, 0.717) is 104 Å². The molecule has 69 heavy (non-hydrogen) atoms. The van der Waals surface area contributed by atoms with Gasteiger partial charge in [-0.2, -0.15) is 0 Å². The predicted molar refractivity (Wildman–Crippen MR) is 278 cm³/mol. The second-order valence-corrected chi connectivity index (χ2v) is 23.1. The van der Waals surface area contributed by atoms with E-state index in [1.165, 1.54) is 16.7 Å². The molecule has 8 heteroatoms.